The van der Waals surface area contributed by atoms with Gasteiger partial charge in [0.1, 0.15) is 0 Å². The van der Waals surface area contributed by atoms with Crippen molar-refractivity contribution in [2.75, 3.05) is 24.5 Å². The van der Waals surface area contributed by atoms with Crippen molar-refractivity contribution >= 4 is 33.2 Å². The van der Waals surface area contributed by atoms with Crippen LogP contribution in [-0.4, -0.2) is 38.3 Å². The van der Waals surface area contributed by atoms with Crippen LogP contribution in [0.1, 0.15) is 41.8 Å². The normalized spacial score (nSPS) is 14.2. The van der Waals surface area contributed by atoms with Gasteiger partial charge in [0.25, 0.3) is 5.91 Å². The Morgan fingerprint density at radius 3 is 2.54 bits per heavy atom. The summed E-state index contributed by atoms with van der Waals surface area (Å²) in [4.78, 5) is 15.1. The minimum atomic E-state index is -3.67. The SMILES string of the molecule is CCN(CC)S(=O)(=O)c1ccc(Cl)c(C(=O)N2CCCc3cc(C)ccc32)c1. The fraction of sp³-hybridized carbons (Fsp3) is 0.381. The molecule has 2 aromatic carbocycles. The first-order valence-electron chi connectivity index (χ1n) is 9.50. The molecule has 0 unspecified atom stereocenters. The van der Waals surface area contributed by atoms with E-state index in [2.05, 4.69) is 6.07 Å². The molecule has 0 saturated heterocycles. The Balaban J connectivity index is 2.02. The molecule has 7 heteroatoms. The maximum atomic E-state index is 13.3. The number of sulfonamides is 1. The fourth-order valence-electron chi connectivity index (χ4n) is 3.62. The van der Waals surface area contributed by atoms with Gasteiger partial charge in [-0.15, -0.1) is 0 Å². The second-order valence-electron chi connectivity index (χ2n) is 6.92. The lowest BCUT2D eigenvalue weighted by Crippen LogP contribution is -2.36. The highest BCUT2D eigenvalue weighted by molar-refractivity contribution is 7.89. The van der Waals surface area contributed by atoms with Gasteiger partial charge in [-0.3, -0.25) is 4.79 Å². The summed E-state index contributed by atoms with van der Waals surface area (Å²) in [5.74, 6) is -0.272. The molecule has 1 amide bonds. The number of hydrogen-bond acceptors (Lipinski definition) is 3. The first-order valence-corrected chi connectivity index (χ1v) is 11.3. The molecule has 1 aliphatic heterocycles. The van der Waals surface area contributed by atoms with Gasteiger partial charge in [-0.2, -0.15) is 4.31 Å². The summed E-state index contributed by atoms with van der Waals surface area (Å²) in [5, 5.41) is 0.253. The Labute approximate surface area is 172 Å². The Morgan fingerprint density at radius 2 is 1.86 bits per heavy atom. The van der Waals surface area contributed by atoms with E-state index in [1.807, 2.05) is 19.1 Å². The number of carbonyl (C=O) groups is 1. The third kappa shape index (κ3) is 3.81. The van der Waals surface area contributed by atoms with Crippen molar-refractivity contribution in [3.63, 3.8) is 0 Å². The van der Waals surface area contributed by atoms with Crippen molar-refractivity contribution in [2.24, 2.45) is 0 Å². The van der Waals surface area contributed by atoms with Crippen molar-refractivity contribution in [1.82, 2.24) is 4.31 Å². The van der Waals surface area contributed by atoms with Crippen molar-refractivity contribution < 1.29 is 13.2 Å². The average molecular weight is 421 g/mol. The number of amides is 1. The monoisotopic (exact) mass is 420 g/mol. The summed E-state index contributed by atoms with van der Waals surface area (Å²) < 4.78 is 27.1. The van der Waals surface area contributed by atoms with Crippen LogP contribution in [0.3, 0.4) is 0 Å². The molecule has 1 aliphatic rings. The van der Waals surface area contributed by atoms with Crippen LogP contribution in [0.25, 0.3) is 0 Å². The van der Waals surface area contributed by atoms with E-state index >= 15 is 0 Å². The Kier molecular flexibility index (Phi) is 6.12. The number of aryl methyl sites for hydroxylation is 2. The number of anilines is 1. The lowest BCUT2D eigenvalue weighted by Gasteiger charge is -2.30. The topological polar surface area (TPSA) is 57.7 Å². The van der Waals surface area contributed by atoms with Gasteiger partial charge in [0.2, 0.25) is 10.0 Å². The largest absolute Gasteiger partial charge is 0.308 e. The number of hydrogen-bond donors (Lipinski definition) is 0. The molecule has 1 heterocycles. The number of rotatable bonds is 5. The first kappa shape index (κ1) is 20.8. The molecule has 5 nitrogen and oxygen atoms in total. The number of nitrogens with zero attached hydrogens (tertiary/aromatic N) is 2. The molecular weight excluding hydrogens is 396 g/mol. The van der Waals surface area contributed by atoms with Crippen LogP contribution in [0.4, 0.5) is 5.69 Å². The lowest BCUT2D eigenvalue weighted by atomic mass is 9.99. The highest BCUT2D eigenvalue weighted by Gasteiger charge is 2.28. The molecule has 0 bridgehead atoms. The average Bonchev–Trinajstić information content (AvgIpc) is 2.67. The smallest absolute Gasteiger partial charge is 0.259 e. The number of halogens is 1. The number of fused-ring (bicyclic) bond motifs is 1. The molecule has 0 atom stereocenters. The van der Waals surface area contributed by atoms with Gasteiger partial charge in [0, 0.05) is 25.3 Å². The highest BCUT2D eigenvalue weighted by atomic mass is 35.5. The van der Waals surface area contributed by atoms with E-state index in [-0.39, 0.29) is 21.4 Å². The van der Waals surface area contributed by atoms with E-state index in [1.54, 1.807) is 18.7 Å². The molecule has 0 fully saturated rings. The molecule has 2 aromatic rings. The zero-order chi connectivity index (χ0) is 20.5. The Hall–Kier alpha value is -1.89. The van der Waals surface area contributed by atoms with Crippen LogP contribution in [0.5, 0.6) is 0 Å². The number of carbonyl (C=O) groups excluding carboxylic acids is 1. The zero-order valence-electron chi connectivity index (χ0n) is 16.4. The van der Waals surface area contributed by atoms with Crippen LogP contribution < -0.4 is 4.90 Å². The quantitative estimate of drug-likeness (QED) is 0.725. The van der Waals surface area contributed by atoms with Gasteiger partial charge in [-0.1, -0.05) is 43.1 Å². The van der Waals surface area contributed by atoms with Crippen molar-refractivity contribution in [2.45, 2.75) is 38.5 Å². The van der Waals surface area contributed by atoms with Gasteiger partial charge in [-0.25, -0.2) is 8.42 Å². The second kappa shape index (κ2) is 8.23. The standard InChI is InChI=1S/C21H25ClN2O3S/c1-4-23(5-2)28(26,27)17-9-10-19(22)18(14-17)21(25)24-12-6-7-16-13-15(3)8-11-20(16)24/h8-11,13-14H,4-7,12H2,1-3H3. The lowest BCUT2D eigenvalue weighted by molar-refractivity contribution is 0.0985. The van der Waals surface area contributed by atoms with E-state index in [9.17, 15) is 13.2 Å². The third-order valence-corrected chi connectivity index (χ3v) is 7.49. The Morgan fingerprint density at radius 1 is 1.14 bits per heavy atom. The van der Waals surface area contributed by atoms with E-state index in [4.69, 9.17) is 11.6 Å². The predicted octanol–water partition coefficient (Wildman–Crippen LogP) is 4.27. The molecule has 0 N–H and O–H groups in total. The van der Waals surface area contributed by atoms with Crippen LogP contribution in [0.2, 0.25) is 5.02 Å². The van der Waals surface area contributed by atoms with Gasteiger partial charge in [0.05, 0.1) is 15.5 Å². The molecule has 0 aliphatic carbocycles. The molecule has 3 rings (SSSR count). The minimum absolute atomic E-state index is 0.0880. The number of benzene rings is 2. The van der Waals surface area contributed by atoms with Crippen LogP contribution >= 0.6 is 11.6 Å². The van der Waals surface area contributed by atoms with Gasteiger partial charge >= 0.3 is 0 Å². The van der Waals surface area contributed by atoms with Gasteiger partial charge in [0.15, 0.2) is 0 Å². The zero-order valence-corrected chi connectivity index (χ0v) is 18.0. The Bertz CT molecular complexity index is 1000. The molecule has 28 heavy (non-hydrogen) atoms. The van der Waals surface area contributed by atoms with Crippen molar-refractivity contribution in [3.05, 3.63) is 58.1 Å². The fourth-order valence-corrected chi connectivity index (χ4v) is 5.31. The summed E-state index contributed by atoms with van der Waals surface area (Å²) in [6.45, 7) is 6.91. The van der Waals surface area contributed by atoms with Crippen molar-refractivity contribution in [1.29, 1.82) is 0 Å². The molecule has 0 spiro atoms. The van der Waals surface area contributed by atoms with Crippen molar-refractivity contribution in [3.8, 4) is 0 Å². The van der Waals surface area contributed by atoms with Crippen LogP contribution in [0.15, 0.2) is 41.3 Å². The van der Waals surface area contributed by atoms with Gasteiger partial charge in [-0.05, 0) is 49.6 Å². The molecule has 0 radical (unpaired) electrons. The maximum Gasteiger partial charge on any atom is 0.259 e. The van der Waals surface area contributed by atoms with Gasteiger partial charge < -0.3 is 4.90 Å². The van der Waals surface area contributed by atoms with Crippen LogP contribution in [-0.2, 0) is 16.4 Å². The van der Waals surface area contributed by atoms with Crippen LogP contribution in [0, 0.1) is 6.92 Å². The third-order valence-electron chi connectivity index (χ3n) is 5.11. The summed E-state index contributed by atoms with van der Waals surface area (Å²) >= 11 is 6.30. The minimum Gasteiger partial charge on any atom is -0.308 e. The summed E-state index contributed by atoms with van der Waals surface area (Å²) in [6.07, 6.45) is 1.78. The second-order valence-corrected chi connectivity index (χ2v) is 9.27. The highest BCUT2D eigenvalue weighted by Crippen LogP contribution is 2.31. The molecular formula is C21H25ClN2O3S. The van der Waals surface area contributed by atoms with E-state index < -0.39 is 10.0 Å². The summed E-state index contributed by atoms with van der Waals surface area (Å²) in [5.41, 5.74) is 3.36. The molecule has 0 saturated carbocycles. The van der Waals surface area contributed by atoms with E-state index in [0.717, 1.165) is 29.7 Å². The summed E-state index contributed by atoms with van der Waals surface area (Å²) in [6, 6.07) is 10.4. The molecule has 150 valence electrons. The molecule has 0 aromatic heterocycles. The predicted molar refractivity (Wildman–Crippen MR) is 113 cm³/mol. The van der Waals surface area contributed by atoms with E-state index in [0.29, 0.717) is 19.6 Å². The van der Waals surface area contributed by atoms with E-state index in [1.165, 1.54) is 22.5 Å². The summed E-state index contributed by atoms with van der Waals surface area (Å²) in [7, 11) is -3.67. The first-order chi connectivity index (χ1) is 13.3. The maximum absolute atomic E-state index is 13.3.